The molecule has 1 amide bonds. The first kappa shape index (κ1) is 15.4. The third kappa shape index (κ3) is 4.47. The Balaban J connectivity index is 2.66. The molecule has 0 saturated carbocycles. The maximum Gasteiger partial charge on any atom is 0.417 e. The van der Waals surface area contributed by atoms with E-state index in [0.717, 1.165) is 12.1 Å². The molecule has 0 saturated heterocycles. The van der Waals surface area contributed by atoms with Gasteiger partial charge in [-0.3, -0.25) is 9.78 Å². The van der Waals surface area contributed by atoms with Crippen molar-refractivity contribution in [3.05, 3.63) is 29.6 Å². The van der Waals surface area contributed by atoms with Gasteiger partial charge in [-0.25, -0.2) is 0 Å². The Morgan fingerprint density at radius 3 is 2.58 bits per heavy atom. The van der Waals surface area contributed by atoms with Crippen LogP contribution in [0, 0.1) is 5.92 Å². The van der Waals surface area contributed by atoms with Gasteiger partial charge >= 0.3 is 6.18 Å². The lowest BCUT2D eigenvalue weighted by molar-refractivity contribution is -0.137. The summed E-state index contributed by atoms with van der Waals surface area (Å²) in [6, 6.07) is 1.82. The van der Waals surface area contributed by atoms with Crippen LogP contribution in [0.25, 0.3) is 0 Å². The molecule has 0 aliphatic heterocycles. The minimum atomic E-state index is -4.47. The first-order chi connectivity index (χ1) is 8.71. The summed E-state index contributed by atoms with van der Waals surface area (Å²) in [5, 5.41) is 2.49. The van der Waals surface area contributed by atoms with Crippen molar-refractivity contribution in [1.29, 1.82) is 0 Å². The minimum absolute atomic E-state index is 0.0943. The van der Waals surface area contributed by atoms with Gasteiger partial charge in [0.1, 0.15) is 5.69 Å². The molecule has 0 spiro atoms. The van der Waals surface area contributed by atoms with Crippen molar-refractivity contribution in [1.82, 2.24) is 10.3 Å². The maximum atomic E-state index is 12.3. The van der Waals surface area contributed by atoms with Gasteiger partial charge < -0.3 is 11.1 Å². The van der Waals surface area contributed by atoms with E-state index in [1.165, 1.54) is 0 Å². The van der Waals surface area contributed by atoms with Gasteiger partial charge in [0.2, 0.25) is 0 Å². The predicted octanol–water partition coefficient (Wildman–Crippen LogP) is 1.75. The largest absolute Gasteiger partial charge is 0.417 e. The number of rotatable bonds is 4. The number of aromatic nitrogens is 1. The normalized spacial score (nSPS) is 12.8. The summed E-state index contributed by atoms with van der Waals surface area (Å²) >= 11 is 4.73. The zero-order valence-corrected chi connectivity index (χ0v) is 10.8. The first-order valence-corrected chi connectivity index (χ1v) is 5.73. The van der Waals surface area contributed by atoms with E-state index in [9.17, 15) is 18.0 Å². The number of hydrogen-bond acceptors (Lipinski definition) is 3. The van der Waals surface area contributed by atoms with Gasteiger partial charge in [0, 0.05) is 18.7 Å². The molecular weight excluding hydrogens is 279 g/mol. The summed E-state index contributed by atoms with van der Waals surface area (Å²) < 4.78 is 36.9. The van der Waals surface area contributed by atoms with Crippen LogP contribution in [0.5, 0.6) is 0 Å². The van der Waals surface area contributed by atoms with E-state index >= 15 is 0 Å². The molecule has 0 aliphatic rings. The number of thiocarbonyl (C=S) groups is 1. The molecule has 8 heteroatoms. The van der Waals surface area contributed by atoms with Crippen LogP contribution in [0.3, 0.4) is 0 Å². The Morgan fingerprint density at radius 1 is 1.53 bits per heavy atom. The lowest BCUT2D eigenvalue weighted by Gasteiger charge is -2.11. The molecule has 1 aromatic rings. The number of nitrogens with two attached hydrogens (primary N) is 1. The molecule has 0 radical (unpaired) electrons. The van der Waals surface area contributed by atoms with E-state index < -0.39 is 17.6 Å². The molecule has 4 nitrogen and oxygen atoms in total. The first-order valence-electron chi connectivity index (χ1n) is 5.32. The minimum Gasteiger partial charge on any atom is -0.393 e. The fraction of sp³-hybridized carbons (Fsp3) is 0.364. The van der Waals surface area contributed by atoms with Gasteiger partial charge in [-0.15, -0.1) is 0 Å². The van der Waals surface area contributed by atoms with Crippen LogP contribution in [0.2, 0.25) is 0 Å². The van der Waals surface area contributed by atoms with E-state index in [2.05, 4.69) is 10.3 Å². The lowest BCUT2D eigenvalue weighted by atomic mass is 10.2. The Bertz CT molecular complexity index is 473. The Kier molecular flexibility index (Phi) is 4.82. The number of pyridine rings is 1. The molecular formula is C11H12F3N3OS. The van der Waals surface area contributed by atoms with Crippen LogP contribution in [0.1, 0.15) is 23.0 Å². The third-order valence-electron chi connectivity index (χ3n) is 2.38. The second-order valence-electron chi connectivity index (χ2n) is 3.94. The molecule has 0 fully saturated rings. The van der Waals surface area contributed by atoms with Crippen molar-refractivity contribution in [2.45, 2.75) is 13.1 Å². The predicted molar refractivity (Wildman–Crippen MR) is 67.5 cm³/mol. The second kappa shape index (κ2) is 5.96. The third-order valence-corrected chi connectivity index (χ3v) is 2.78. The Labute approximate surface area is 113 Å². The average Bonchev–Trinajstić information content (AvgIpc) is 2.34. The zero-order valence-electron chi connectivity index (χ0n) is 9.99. The lowest BCUT2D eigenvalue weighted by Crippen LogP contribution is -2.34. The summed E-state index contributed by atoms with van der Waals surface area (Å²) in [5.74, 6) is -0.773. The monoisotopic (exact) mass is 291 g/mol. The number of carbonyl (C=O) groups is 1. The molecule has 1 rings (SSSR count). The quantitative estimate of drug-likeness (QED) is 0.829. The SMILES string of the molecule is CC(CNC(=O)c1ccc(C(F)(F)F)cn1)C(N)=S. The molecule has 1 unspecified atom stereocenters. The van der Waals surface area contributed by atoms with Crippen molar-refractivity contribution in [3.63, 3.8) is 0 Å². The fourth-order valence-corrected chi connectivity index (χ4v) is 1.22. The molecule has 19 heavy (non-hydrogen) atoms. The van der Waals surface area contributed by atoms with Crippen LogP contribution >= 0.6 is 12.2 Å². The highest BCUT2D eigenvalue weighted by molar-refractivity contribution is 7.80. The van der Waals surface area contributed by atoms with Crippen molar-refractivity contribution in [3.8, 4) is 0 Å². The van der Waals surface area contributed by atoms with Gasteiger partial charge in [0.25, 0.3) is 5.91 Å². The summed E-state index contributed by atoms with van der Waals surface area (Å²) in [6.45, 7) is 1.93. The number of amides is 1. The summed E-state index contributed by atoms with van der Waals surface area (Å²) in [7, 11) is 0. The summed E-state index contributed by atoms with van der Waals surface area (Å²) in [5.41, 5.74) is 4.37. The summed E-state index contributed by atoms with van der Waals surface area (Å²) in [6.07, 6.45) is -3.85. The fourth-order valence-electron chi connectivity index (χ4n) is 1.13. The van der Waals surface area contributed by atoms with Gasteiger partial charge in [-0.2, -0.15) is 13.2 Å². The molecule has 1 atom stereocenters. The molecule has 1 aromatic heterocycles. The molecule has 0 aromatic carbocycles. The molecule has 3 N–H and O–H groups in total. The number of nitrogens with zero attached hydrogens (tertiary/aromatic N) is 1. The Morgan fingerprint density at radius 2 is 2.16 bits per heavy atom. The van der Waals surface area contributed by atoms with Crippen molar-refractivity contribution >= 4 is 23.1 Å². The standard InChI is InChI=1S/C11H12F3N3OS/c1-6(9(15)19)4-17-10(18)8-3-2-7(5-16-8)11(12,13)14/h2-3,5-6H,4H2,1H3,(H2,15,19)(H,17,18). The maximum absolute atomic E-state index is 12.3. The summed E-state index contributed by atoms with van der Waals surface area (Å²) in [4.78, 5) is 15.3. The van der Waals surface area contributed by atoms with Crippen molar-refractivity contribution < 1.29 is 18.0 Å². The smallest absolute Gasteiger partial charge is 0.393 e. The number of hydrogen-bond donors (Lipinski definition) is 2. The van der Waals surface area contributed by atoms with Crippen LogP contribution in [-0.2, 0) is 6.18 Å². The Hall–Kier alpha value is -1.70. The highest BCUT2D eigenvalue weighted by Gasteiger charge is 2.30. The molecule has 104 valence electrons. The highest BCUT2D eigenvalue weighted by atomic mass is 32.1. The van der Waals surface area contributed by atoms with Crippen molar-refractivity contribution in [2.75, 3.05) is 6.54 Å². The van der Waals surface area contributed by atoms with Crippen LogP contribution in [0.15, 0.2) is 18.3 Å². The number of halogens is 3. The van der Waals surface area contributed by atoms with Gasteiger partial charge in [-0.05, 0) is 12.1 Å². The number of alkyl halides is 3. The average molecular weight is 291 g/mol. The van der Waals surface area contributed by atoms with Gasteiger partial charge in [0.05, 0.1) is 10.6 Å². The van der Waals surface area contributed by atoms with Crippen molar-refractivity contribution in [2.24, 2.45) is 11.7 Å². The molecule has 0 aliphatic carbocycles. The van der Waals surface area contributed by atoms with Crippen LogP contribution < -0.4 is 11.1 Å². The number of carbonyl (C=O) groups excluding carboxylic acids is 1. The van der Waals surface area contributed by atoms with Crippen LogP contribution in [-0.4, -0.2) is 22.4 Å². The topological polar surface area (TPSA) is 68.0 Å². The van der Waals surface area contributed by atoms with E-state index in [4.69, 9.17) is 18.0 Å². The zero-order chi connectivity index (χ0) is 14.6. The van der Waals surface area contributed by atoms with Gasteiger partial charge in [0.15, 0.2) is 0 Å². The highest BCUT2D eigenvalue weighted by Crippen LogP contribution is 2.28. The van der Waals surface area contributed by atoms with E-state index in [0.29, 0.717) is 6.20 Å². The van der Waals surface area contributed by atoms with E-state index in [1.54, 1.807) is 6.92 Å². The molecule has 0 bridgehead atoms. The van der Waals surface area contributed by atoms with E-state index in [-0.39, 0.29) is 23.1 Å². The molecule has 1 heterocycles. The number of nitrogens with one attached hydrogen (secondary N) is 1. The van der Waals surface area contributed by atoms with E-state index in [1.807, 2.05) is 0 Å². The van der Waals surface area contributed by atoms with Crippen LogP contribution in [0.4, 0.5) is 13.2 Å². The van der Waals surface area contributed by atoms with Gasteiger partial charge in [-0.1, -0.05) is 19.1 Å². The second-order valence-corrected chi connectivity index (χ2v) is 4.41.